The Balaban J connectivity index is 1.99. The predicted octanol–water partition coefficient (Wildman–Crippen LogP) is 1.04. The first-order valence-corrected chi connectivity index (χ1v) is 10.5. The number of aromatic nitrogens is 2. The van der Waals surface area contributed by atoms with Crippen molar-refractivity contribution in [2.24, 2.45) is 0 Å². The molecule has 1 saturated heterocycles. The van der Waals surface area contributed by atoms with Crippen LogP contribution in [0.15, 0.2) is 0 Å². The summed E-state index contributed by atoms with van der Waals surface area (Å²) in [5.74, 6) is 1.22. The summed E-state index contributed by atoms with van der Waals surface area (Å²) >= 11 is 1.37. The van der Waals surface area contributed by atoms with Crippen molar-refractivity contribution in [3.05, 3.63) is 16.3 Å². The fourth-order valence-corrected chi connectivity index (χ4v) is 4.44. The number of esters is 1. The van der Waals surface area contributed by atoms with E-state index in [0.29, 0.717) is 18.1 Å². The predicted molar refractivity (Wildman–Crippen MR) is 108 cm³/mol. The van der Waals surface area contributed by atoms with Gasteiger partial charge in [0.1, 0.15) is 35.2 Å². The van der Waals surface area contributed by atoms with Crippen LogP contribution < -0.4 is 10.2 Å². The van der Waals surface area contributed by atoms with Gasteiger partial charge in [0.25, 0.3) is 0 Å². The fourth-order valence-electron chi connectivity index (χ4n) is 3.34. The van der Waals surface area contributed by atoms with E-state index in [1.54, 1.807) is 7.11 Å². The van der Waals surface area contributed by atoms with E-state index in [2.05, 4.69) is 5.32 Å². The molecule has 0 amide bonds. The zero-order valence-corrected chi connectivity index (χ0v) is 17.8. The highest BCUT2D eigenvalue weighted by Crippen LogP contribution is 2.34. The lowest BCUT2D eigenvalue weighted by atomic mass is 10.2. The Morgan fingerprint density at radius 2 is 2.11 bits per heavy atom. The van der Waals surface area contributed by atoms with Gasteiger partial charge in [0, 0.05) is 13.2 Å². The minimum atomic E-state index is -0.306. The number of nitrogens with zero attached hydrogens (tertiary/aromatic N) is 2. The zero-order chi connectivity index (χ0) is 20.1. The normalized spacial score (nSPS) is 16.3. The molecule has 0 unspecified atom stereocenters. The van der Waals surface area contributed by atoms with Gasteiger partial charge in [0.15, 0.2) is 5.82 Å². The molecular weight excluding hydrogens is 380 g/mol. The molecule has 0 bridgehead atoms. The summed E-state index contributed by atoms with van der Waals surface area (Å²) in [5.41, 5.74) is 0.857. The van der Waals surface area contributed by atoms with Gasteiger partial charge in [-0.2, -0.15) is 0 Å². The monoisotopic (exact) mass is 409 g/mol. The molecule has 2 N–H and O–H groups in total. The number of carbonyl (C=O) groups excluding carboxylic acids is 1. The molecule has 1 atom stereocenters. The summed E-state index contributed by atoms with van der Waals surface area (Å²) < 4.78 is 15.9. The van der Waals surface area contributed by atoms with E-state index in [-0.39, 0.29) is 12.0 Å². The van der Waals surface area contributed by atoms with E-state index in [4.69, 9.17) is 24.2 Å². The van der Waals surface area contributed by atoms with Gasteiger partial charge in [-0.1, -0.05) is 0 Å². The van der Waals surface area contributed by atoms with Gasteiger partial charge in [-0.3, -0.25) is 0 Å². The first-order valence-electron chi connectivity index (χ1n) is 9.67. The smallest absolute Gasteiger partial charge is 0.348 e. The van der Waals surface area contributed by atoms with Crippen LogP contribution in [0.1, 0.15) is 34.9 Å². The molecule has 2 aromatic rings. The highest BCUT2D eigenvalue weighted by Gasteiger charge is 2.24. The largest absolute Gasteiger partial charge is 0.462 e. The summed E-state index contributed by atoms with van der Waals surface area (Å²) in [6.07, 6.45) is 0. The van der Waals surface area contributed by atoms with Crippen LogP contribution in [-0.2, 0) is 20.8 Å². The highest BCUT2D eigenvalue weighted by molar-refractivity contribution is 7.20. The molecule has 8 nitrogen and oxygen atoms in total. The molecule has 1 aliphatic heterocycles. The first-order chi connectivity index (χ1) is 13.5. The maximum absolute atomic E-state index is 12.4. The Kier molecular flexibility index (Phi) is 7.17. The summed E-state index contributed by atoms with van der Waals surface area (Å²) in [6.45, 7) is 10.8. The minimum absolute atomic E-state index is 0.0806. The molecule has 9 heteroatoms. The summed E-state index contributed by atoms with van der Waals surface area (Å²) in [7, 11) is 1.68. The van der Waals surface area contributed by atoms with Crippen LogP contribution in [0.2, 0.25) is 0 Å². The van der Waals surface area contributed by atoms with E-state index in [0.717, 1.165) is 60.3 Å². The van der Waals surface area contributed by atoms with Crippen LogP contribution in [0.3, 0.4) is 0 Å². The van der Waals surface area contributed by atoms with Crippen molar-refractivity contribution in [3.8, 4) is 0 Å². The molecule has 3 heterocycles. The van der Waals surface area contributed by atoms with E-state index in [9.17, 15) is 4.79 Å². The van der Waals surface area contributed by atoms with Gasteiger partial charge in [-0.15, -0.1) is 11.3 Å². The number of carbonyl (C=O) groups is 1. The molecule has 3 rings (SSSR count). The summed E-state index contributed by atoms with van der Waals surface area (Å²) in [6, 6.07) is 0.0806. The van der Waals surface area contributed by atoms with Gasteiger partial charge in [-0.25, -0.2) is 14.8 Å². The Morgan fingerprint density at radius 3 is 2.79 bits per heavy atom. The van der Waals surface area contributed by atoms with Gasteiger partial charge >= 0.3 is 5.97 Å². The molecule has 28 heavy (non-hydrogen) atoms. The van der Waals surface area contributed by atoms with Crippen molar-refractivity contribution >= 4 is 33.3 Å². The van der Waals surface area contributed by atoms with Crippen LogP contribution in [0.25, 0.3) is 10.2 Å². The topological polar surface area (TPSA) is 87.0 Å². The van der Waals surface area contributed by atoms with Crippen LogP contribution in [-0.4, -0.2) is 68.6 Å². The molecule has 2 aromatic heterocycles. The molecule has 154 valence electrons. The summed E-state index contributed by atoms with van der Waals surface area (Å²) in [4.78, 5) is 24.7. The standard InChI is InChI=1S/C19H28N4O4S/c1-5-27-19(24)16-13(3)15-17(20-12(2)11-25-4)21-14(22-18(15)28-16)10-23-6-8-26-9-7-23/h12H,5-11H2,1-4H3,(H,20,21,22)/p+1/t12-/m0/s1. The highest BCUT2D eigenvalue weighted by atomic mass is 32.1. The van der Waals surface area contributed by atoms with Crippen molar-refractivity contribution in [1.29, 1.82) is 0 Å². The maximum Gasteiger partial charge on any atom is 0.348 e. The van der Waals surface area contributed by atoms with E-state index >= 15 is 0 Å². The lowest BCUT2D eigenvalue weighted by molar-refractivity contribution is -0.922. The number of nitrogens with one attached hydrogen (secondary N) is 2. The number of anilines is 1. The lowest BCUT2D eigenvalue weighted by Crippen LogP contribution is -3.12. The summed E-state index contributed by atoms with van der Waals surface area (Å²) in [5, 5.41) is 4.32. The molecule has 0 radical (unpaired) electrons. The maximum atomic E-state index is 12.4. The second-order valence-corrected chi connectivity index (χ2v) is 7.98. The van der Waals surface area contributed by atoms with Gasteiger partial charge in [-0.05, 0) is 26.3 Å². The van der Waals surface area contributed by atoms with Crippen molar-refractivity contribution in [1.82, 2.24) is 9.97 Å². The molecule has 0 aliphatic carbocycles. The number of methoxy groups -OCH3 is 1. The number of ether oxygens (including phenoxy) is 3. The van der Waals surface area contributed by atoms with E-state index < -0.39 is 0 Å². The Hall–Kier alpha value is -1.81. The second-order valence-electron chi connectivity index (χ2n) is 6.99. The number of morpholine rings is 1. The number of thiophene rings is 1. The van der Waals surface area contributed by atoms with Crippen molar-refractivity contribution in [2.45, 2.75) is 33.4 Å². The number of quaternary nitrogens is 1. The van der Waals surface area contributed by atoms with E-state index in [1.807, 2.05) is 20.8 Å². The fraction of sp³-hybridized carbons (Fsp3) is 0.632. The van der Waals surface area contributed by atoms with Crippen LogP contribution >= 0.6 is 11.3 Å². The second kappa shape index (κ2) is 9.60. The number of fused-ring (bicyclic) bond motifs is 1. The minimum Gasteiger partial charge on any atom is -0.462 e. The molecule has 0 saturated carbocycles. The Morgan fingerprint density at radius 1 is 1.36 bits per heavy atom. The third kappa shape index (κ3) is 4.78. The van der Waals surface area contributed by atoms with Crippen molar-refractivity contribution in [3.63, 3.8) is 0 Å². The number of rotatable bonds is 8. The third-order valence-corrected chi connectivity index (χ3v) is 5.87. The third-order valence-electron chi connectivity index (χ3n) is 4.71. The zero-order valence-electron chi connectivity index (χ0n) is 17.0. The molecule has 1 aliphatic rings. The van der Waals surface area contributed by atoms with Crippen LogP contribution in [0, 0.1) is 6.92 Å². The number of aryl methyl sites for hydroxylation is 1. The SMILES string of the molecule is CCOC(=O)c1sc2nc(C[NH+]3CCOCC3)nc(N[C@@H](C)COC)c2c1C. The Bertz CT molecular complexity index is 820. The number of hydrogen-bond acceptors (Lipinski definition) is 8. The van der Waals surface area contributed by atoms with Gasteiger partial charge in [0.05, 0.1) is 31.8 Å². The van der Waals surface area contributed by atoms with Gasteiger partial charge in [0.2, 0.25) is 0 Å². The molecule has 1 fully saturated rings. The van der Waals surface area contributed by atoms with Gasteiger partial charge < -0.3 is 24.4 Å². The average Bonchev–Trinajstić information content (AvgIpc) is 3.00. The number of hydrogen-bond donors (Lipinski definition) is 2. The average molecular weight is 410 g/mol. The first kappa shape index (κ1) is 20.9. The van der Waals surface area contributed by atoms with Crippen molar-refractivity contribution in [2.75, 3.05) is 51.9 Å². The lowest BCUT2D eigenvalue weighted by Gasteiger charge is -2.23. The Labute approximate surface area is 169 Å². The van der Waals surface area contributed by atoms with E-state index in [1.165, 1.54) is 16.2 Å². The molecular formula is C19H29N4O4S+. The van der Waals surface area contributed by atoms with Crippen molar-refractivity contribution < 1.29 is 23.9 Å². The molecule has 0 aromatic carbocycles. The quantitative estimate of drug-likeness (QED) is 0.630. The van der Waals surface area contributed by atoms with Crippen LogP contribution in [0.5, 0.6) is 0 Å². The van der Waals surface area contributed by atoms with Crippen LogP contribution in [0.4, 0.5) is 5.82 Å². The molecule has 0 spiro atoms.